The predicted octanol–water partition coefficient (Wildman–Crippen LogP) is 2.23. The highest BCUT2D eigenvalue weighted by molar-refractivity contribution is 5.99. The standard InChI is InChI=1S/C13H21F3N2O2/c1-4-12(5-2)11(20)18(9(3)10(19)17-12)8-6-7-13(14,15)16/h9H,4-8H2,1-3H3,(H,17,19). The molecule has 0 aromatic rings. The first-order chi connectivity index (χ1) is 9.17. The monoisotopic (exact) mass is 294 g/mol. The first-order valence-electron chi connectivity index (χ1n) is 6.86. The van der Waals surface area contributed by atoms with Gasteiger partial charge in [0.05, 0.1) is 0 Å². The van der Waals surface area contributed by atoms with Gasteiger partial charge in [0, 0.05) is 13.0 Å². The molecule has 0 spiro atoms. The third-order valence-corrected chi connectivity index (χ3v) is 3.95. The van der Waals surface area contributed by atoms with Gasteiger partial charge in [0.1, 0.15) is 11.6 Å². The van der Waals surface area contributed by atoms with Crippen LogP contribution in [0.25, 0.3) is 0 Å². The van der Waals surface area contributed by atoms with Gasteiger partial charge in [-0.2, -0.15) is 13.2 Å². The molecule has 1 heterocycles. The topological polar surface area (TPSA) is 49.4 Å². The molecule has 1 atom stereocenters. The molecule has 1 saturated heterocycles. The van der Waals surface area contributed by atoms with Crippen LogP contribution in [0.5, 0.6) is 0 Å². The first-order valence-corrected chi connectivity index (χ1v) is 6.86. The number of hydrogen-bond donors (Lipinski definition) is 1. The van der Waals surface area contributed by atoms with Gasteiger partial charge in [-0.05, 0) is 26.2 Å². The molecule has 0 radical (unpaired) electrons. The summed E-state index contributed by atoms with van der Waals surface area (Å²) in [5.41, 5.74) is -0.970. The van der Waals surface area contributed by atoms with Crippen LogP contribution in [0.15, 0.2) is 0 Å². The Morgan fingerprint density at radius 2 is 1.80 bits per heavy atom. The lowest BCUT2D eigenvalue weighted by molar-refractivity contribution is -0.156. The zero-order valence-corrected chi connectivity index (χ0v) is 12.0. The average molecular weight is 294 g/mol. The van der Waals surface area contributed by atoms with Gasteiger partial charge in [0.15, 0.2) is 0 Å². The van der Waals surface area contributed by atoms with E-state index in [0.717, 1.165) is 0 Å². The fourth-order valence-electron chi connectivity index (χ4n) is 2.46. The molecule has 1 N–H and O–H groups in total. The number of carbonyl (C=O) groups is 2. The van der Waals surface area contributed by atoms with Crippen molar-refractivity contribution in [2.75, 3.05) is 6.54 Å². The van der Waals surface area contributed by atoms with E-state index in [4.69, 9.17) is 0 Å². The molecule has 0 aromatic heterocycles. The second-order valence-electron chi connectivity index (χ2n) is 5.17. The smallest absolute Gasteiger partial charge is 0.340 e. The van der Waals surface area contributed by atoms with E-state index in [1.165, 1.54) is 11.8 Å². The Hall–Kier alpha value is -1.27. The number of halogens is 3. The lowest BCUT2D eigenvalue weighted by Crippen LogP contribution is -2.69. The van der Waals surface area contributed by atoms with Crippen LogP contribution in [0.2, 0.25) is 0 Å². The van der Waals surface area contributed by atoms with Crippen molar-refractivity contribution in [2.45, 2.75) is 64.2 Å². The van der Waals surface area contributed by atoms with Gasteiger partial charge in [0.25, 0.3) is 0 Å². The molecule has 116 valence electrons. The predicted molar refractivity (Wildman–Crippen MR) is 67.9 cm³/mol. The highest BCUT2D eigenvalue weighted by Gasteiger charge is 2.47. The summed E-state index contributed by atoms with van der Waals surface area (Å²) in [5, 5.41) is 2.71. The summed E-state index contributed by atoms with van der Waals surface area (Å²) in [6.45, 7) is 5.06. The molecule has 0 bridgehead atoms. The summed E-state index contributed by atoms with van der Waals surface area (Å²) in [5.74, 6) is -0.586. The Balaban J connectivity index is 2.81. The van der Waals surface area contributed by atoms with Crippen LogP contribution in [0.4, 0.5) is 13.2 Å². The van der Waals surface area contributed by atoms with E-state index in [-0.39, 0.29) is 24.8 Å². The summed E-state index contributed by atoms with van der Waals surface area (Å²) >= 11 is 0. The highest BCUT2D eigenvalue weighted by Crippen LogP contribution is 2.27. The van der Waals surface area contributed by atoms with Crippen LogP contribution >= 0.6 is 0 Å². The van der Waals surface area contributed by atoms with Crippen molar-refractivity contribution in [1.82, 2.24) is 10.2 Å². The molecule has 20 heavy (non-hydrogen) atoms. The van der Waals surface area contributed by atoms with E-state index in [0.29, 0.717) is 12.8 Å². The average Bonchev–Trinajstić information content (AvgIpc) is 2.37. The fourth-order valence-corrected chi connectivity index (χ4v) is 2.46. The van der Waals surface area contributed by atoms with Gasteiger partial charge in [-0.15, -0.1) is 0 Å². The molecular formula is C13H21F3N2O2. The number of nitrogens with one attached hydrogen (secondary N) is 1. The molecule has 0 aromatic carbocycles. The minimum Gasteiger partial charge on any atom is -0.340 e. The van der Waals surface area contributed by atoms with Crippen molar-refractivity contribution < 1.29 is 22.8 Å². The number of alkyl halides is 3. The largest absolute Gasteiger partial charge is 0.389 e. The minimum atomic E-state index is -4.24. The SMILES string of the molecule is CCC1(CC)NC(=O)C(C)N(CCCC(F)(F)F)C1=O. The van der Waals surface area contributed by atoms with Crippen LogP contribution in [0, 0.1) is 0 Å². The Bertz CT molecular complexity index is 378. The van der Waals surface area contributed by atoms with Gasteiger partial charge in [-0.3, -0.25) is 9.59 Å². The molecule has 2 amide bonds. The van der Waals surface area contributed by atoms with Crippen LogP contribution in [0.1, 0.15) is 46.5 Å². The molecule has 7 heteroatoms. The quantitative estimate of drug-likeness (QED) is 0.845. The maximum Gasteiger partial charge on any atom is 0.389 e. The number of carbonyl (C=O) groups excluding carboxylic acids is 2. The zero-order valence-electron chi connectivity index (χ0n) is 12.0. The van der Waals surface area contributed by atoms with Crippen LogP contribution in [-0.4, -0.2) is 41.0 Å². The molecule has 1 rings (SSSR count). The third-order valence-electron chi connectivity index (χ3n) is 3.95. The van der Waals surface area contributed by atoms with E-state index in [1.807, 2.05) is 0 Å². The van der Waals surface area contributed by atoms with E-state index < -0.39 is 24.2 Å². The molecule has 1 unspecified atom stereocenters. The van der Waals surface area contributed by atoms with Crippen LogP contribution in [-0.2, 0) is 9.59 Å². The number of amides is 2. The number of nitrogens with zero attached hydrogens (tertiary/aromatic N) is 1. The van der Waals surface area contributed by atoms with Gasteiger partial charge in [-0.25, -0.2) is 0 Å². The van der Waals surface area contributed by atoms with Gasteiger partial charge in [-0.1, -0.05) is 13.8 Å². The molecule has 1 aliphatic heterocycles. The van der Waals surface area contributed by atoms with Gasteiger partial charge >= 0.3 is 6.18 Å². The lowest BCUT2D eigenvalue weighted by atomic mass is 9.87. The Morgan fingerprint density at radius 3 is 2.25 bits per heavy atom. The minimum absolute atomic E-state index is 0.0469. The van der Waals surface area contributed by atoms with Gasteiger partial charge in [0.2, 0.25) is 11.8 Å². The summed E-state index contributed by atoms with van der Waals surface area (Å²) in [6, 6.07) is -0.720. The van der Waals surface area contributed by atoms with Gasteiger partial charge < -0.3 is 10.2 Å². The molecular weight excluding hydrogens is 273 g/mol. The summed E-state index contributed by atoms with van der Waals surface area (Å²) in [7, 11) is 0. The van der Waals surface area contributed by atoms with E-state index in [1.54, 1.807) is 13.8 Å². The first kappa shape index (κ1) is 16.8. The maximum absolute atomic E-state index is 12.5. The van der Waals surface area contributed by atoms with Crippen molar-refractivity contribution in [3.05, 3.63) is 0 Å². The van der Waals surface area contributed by atoms with Crippen LogP contribution in [0.3, 0.4) is 0 Å². The second kappa shape index (κ2) is 6.01. The molecule has 1 aliphatic rings. The summed E-state index contributed by atoms with van der Waals surface area (Å²) in [4.78, 5) is 25.6. The Labute approximate surface area is 116 Å². The normalized spacial score (nSPS) is 22.9. The van der Waals surface area contributed by atoms with E-state index in [2.05, 4.69) is 5.32 Å². The maximum atomic E-state index is 12.5. The van der Waals surface area contributed by atoms with Crippen molar-refractivity contribution in [2.24, 2.45) is 0 Å². The van der Waals surface area contributed by atoms with Crippen molar-refractivity contribution in [1.29, 1.82) is 0 Å². The second-order valence-corrected chi connectivity index (χ2v) is 5.17. The molecule has 0 saturated carbocycles. The number of piperazine rings is 1. The van der Waals surface area contributed by atoms with E-state index >= 15 is 0 Å². The Morgan fingerprint density at radius 1 is 1.25 bits per heavy atom. The third kappa shape index (κ3) is 3.43. The zero-order chi connectivity index (χ0) is 15.6. The van der Waals surface area contributed by atoms with Crippen molar-refractivity contribution in [3.63, 3.8) is 0 Å². The Kier molecular flexibility index (Phi) is 5.05. The molecule has 4 nitrogen and oxygen atoms in total. The van der Waals surface area contributed by atoms with E-state index in [9.17, 15) is 22.8 Å². The summed E-state index contributed by atoms with van der Waals surface area (Å²) < 4.78 is 36.5. The number of hydrogen-bond acceptors (Lipinski definition) is 2. The summed E-state index contributed by atoms with van der Waals surface area (Å²) in [6.07, 6.45) is -4.52. The lowest BCUT2D eigenvalue weighted by Gasteiger charge is -2.44. The van der Waals surface area contributed by atoms with Crippen molar-refractivity contribution >= 4 is 11.8 Å². The highest BCUT2D eigenvalue weighted by atomic mass is 19.4. The molecule has 1 fully saturated rings. The number of rotatable bonds is 5. The molecule has 0 aliphatic carbocycles. The fraction of sp³-hybridized carbons (Fsp3) is 0.846. The van der Waals surface area contributed by atoms with Crippen molar-refractivity contribution in [3.8, 4) is 0 Å². The van der Waals surface area contributed by atoms with Crippen LogP contribution < -0.4 is 5.32 Å².